The summed E-state index contributed by atoms with van der Waals surface area (Å²) in [5, 5.41) is 2.50. The Bertz CT molecular complexity index is 565. The third-order valence-electron chi connectivity index (χ3n) is 2.20. The van der Waals surface area contributed by atoms with Gasteiger partial charge in [-0.3, -0.25) is 4.79 Å². The number of nitrogen functional groups attached to an aromatic ring is 1. The summed E-state index contributed by atoms with van der Waals surface area (Å²) < 4.78 is 13.4. The smallest absolute Gasteiger partial charge is 0.265 e. The van der Waals surface area contributed by atoms with Crippen molar-refractivity contribution in [3.8, 4) is 0 Å². The summed E-state index contributed by atoms with van der Waals surface area (Å²) in [5.41, 5.74) is 6.04. The molecule has 1 heterocycles. The Morgan fingerprint density at radius 2 is 2.12 bits per heavy atom. The molecule has 0 aliphatic carbocycles. The van der Waals surface area contributed by atoms with Crippen LogP contribution < -0.4 is 11.1 Å². The maximum atomic E-state index is 13.4. The highest BCUT2D eigenvalue weighted by Crippen LogP contribution is 2.20. The van der Waals surface area contributed by atoms with Crippen LogP contribution in [0.15, 0.2) is 30.3 Å². The van der Waals surface area contributed by atoms with Crippen LogP contribution in [-0.2, 0) is 0 Å². The van der Waals surface area contributed by atoms with Gasteiger partial charge in [-0.15, -0.1) is 11.3 Å². The summed E-state index contributed by atoms with van der Waals surface area (Å²) in [6.07, 6.45) is 0. The lowest BCUT2D eigenvalue weighted by atomic mass is 10.2. The second-order valence-electron chi connectivity index (χ2n) is 3.60. The number of benzene rings is 1. The molecule has 0 bridgehead atoms. The van der Waals surface area contributed by atoms with Gasteiger partial charge in [-0.2, -0.15) is 0 Å². The largest absolute Gasteiger partial charge is 0.399 e. The molecule has 0 unspecified atom stereocenters. The molecule has 5 heteroatoms. The number of amides is 1. The van der Waals surface area contributed by atoms with E-state index < -0.39 is 5.82 Å². The van der Waals surface area contributed by atoms with Crippen molar-refractivity contribution in [2.24, 2.45) is 0 Å². The molecule has 3 nitrogen and oxygen atoms in total. The number of anilines is 2. The summed E-state index contributed by atoms with van der Waals surface area (Å²) in [7, 11) is 0. The SMILES string of the molecule is Cc1ccc(C(=O)Nc2cc(N)ccc2F)s1. The van der Waals surface area contributed by atoms with Gasteiger partial charge in [0.1, 0.15) is 5.82 Å². The van der Waals surface area contributed by atoms with Crippen molar-refractivity contribution in [1.29, 1.82) is 0 Å². The molecule has 0 fully saturated rings. The van der Waals surface area contributed by atoms with Gasteiger partial charge in [0, 0.05) is 10.6 Å². The van der Waals surface area contributed by atoms with Crippen molar-refractivity contribution in [2.45, 2.75) is 6.92 Å². The Morgan fingerprint density at radius 3 is 2.76 bits per heavy atom. The number of halogens is 1. The molecule has 0 aliphatic heterocycles. The molecule has 3 N–H and O–H groups in total. The molecule has 0 spiro atoms. The molecule has 88 valence electrons. The Hall–Kier alpha value is -1.88. The van der Waals surface area contributed by atoms with Crippen LogP contribution in [0.2, 0.25) is 0 Å². The van der Waals surface area contributed by atoms with Crippen LogP contribution >= 0.6 is 11.3 Å². The van der Waals surface area contributed by atoms with Gasteiger partial charge in [0.05, 0.1) is 10.6 Å². The highest BCUT2D eigenvalue weighted by molar-refractivity contribution is 7.14. The minimum absolute atomic E-state index is 0.0982. The van der Waals surface area contributed by atoms with Crippen LogP contribution in [0.1, 0.15) is 14.5 Å². The zero-order chi connectivity index (χ0) is 12.4. The van der Waals surface area contributed by atoms with Crippen LogP contribution in [0.4, 0.5) is 15.8 Å². The lowest BCUT2D eigenvalue weighted by molar-refractivity contribution is 0.103. The van der Waals surface area contributed by atoms with E-state index in [-0.39, 0.29) is 11.6 Å². The van der Waals surface area contributed by atoms with Gasteiger partial charge >= 0.3 is 0 Å². The maximum Gasteiger partial charge on any atom is 0.265 e. The van der Waals surface area contributed by atoms with E-state index in [1.165, 1.54) is 29.5 Å². The van der Waals surface area contributed by atoms with Crippen LogP contribution in [0.3, 0.4) is 0 Å². The molecular weight excluding hydrogens is 239 g/mol. The highest BCUT2D eigenvalue weighted by Gasteiger charge is 2.11. The number of carbonyl (C=O) groups excluding carboxylic acids is 1. The number of aryl methyl sites for hydroxylation is 1. The van der Waals surface area contributed by atoms with E-state index in [2.05, 4.69) is 5.32 Å². The van der Waals surface area contributed by atoms with E-state index in [0.29, 0.717) is 10.6 Å². The topological polar surface area (TPSA) is 55.1 Å². The van der Waals surface area contributed by atoms with Gasteiger partial charge in [0.25, 0.3) is 5.91 Å². The van der Waals surface area contributed by atoms with Crippen molar-refractivity contribution in [3.63, 3.8) is 0 Å². The van der Waals surface area contributed by atoms with E-state index in [0.717, 1.165) is 4.88 Å². The highest BCUT2D eigenvalue weighted by atomic mass is 32.1. The fourth-order valence-corrected chi connectivity index (χ4v) is 2.14. The Labute approximate surface area is 102 Å². The summed E-state index contributed by atoms with van der Waals surface area (Å²) >= 11 is 1.36. The van der Waals surface area contributed by atoms with Crippen molar-refractivity contribution in [3.05, 3.63) is 45.9 Å². The molecule has 2 rings (SSSR count). The van der Waals surface area contributed by atoms with Gasteiger partial charge in [-0.05, 0) is 37.3 Å². The van der Waals surface area contributed by atoms with Crippen LogP contribution in [-0.4, -0.2) is 5.91 Å². The summed E-state index contributed by atoms with van der Waals surface area (Å²) in [6, 6.07) is 7.62. The number of rotatable bonds is 2. The zero-order valence-electron chi connectivity index (χ0n) is 9.16. The first-order valence-corrected chi connectivity index (χ1v) is 5.81. The van der Waals surface area contributed by atoms with E-state index in [4.69, 9.17) is 5.73 Å². The molecule has 1 amide bonds. The average Bonchev–Trinajstić information content (AvgIpc) is 2.70. The predicted molar refractivity (Wildman–Crippen MR) is 67.8 cm³/mol. The van der Waals surface area contributed by atoms with E-state index in [1.54, 1.807) is 6.07 Å². The first-order valence-electron chi connectivity index (χ1n) is 4.99. The van der Waals surface area contributed by atoms with Gasteiger partial charge in [-0.25, -0.2) is 4.39 Å². The third-order valence-corrected chi connectivity index (χ3v) is 3.20. The Balaban J connectivity index is 2.21. The van der Waals surface area contributed by atoms with E-state index >= 15 is 0 Å². The molecule has 0 atom stereocenters. The Kier molecular flexibility index (Phi) is 3.10. The number of hydrogen-bond donors (Lipinski definition) is 2. The molecular formula is C12H11FN2OS. The second kappa shape index (κ2) is 4.55. The van der Waals surface area contributed by atoms with E-state index in [9.17, 15) is 9.18 Å². The molecule has 1 aromatic heterocycles. The fraction of sp³-hybridized carbons (Fsp3) is 0.0833. The predicted octanol–water partition coefficient (Wildman–Crippen LogP) is 3.03. The first kappa shape index (κ1) is 11.6. The molecule has 0 radical (unpaired) electrons. The fourth-order valence-electron chi connectivity index (χ4n) is 1.38. The minimum atomic E-state index is -0.499. The second-order valence-corrected chi connectivity index (χ2v) is 4.89. The van der Waals surface area contributed by atoms with Crippen LogP contribution in [0.5, 0.6) is 0 Å². The lowest BCUT2D eigenvalue weighted by Gasteiger charge is -2.05. The van der Waals surface area contributed by atoms with Crippen molar-refractivity contribution < 1.29 is 9.18 Å². The maximum absolute atomic E-state index is 13.4. The number of hydrogen-bond acceptors (Lipinski definition) is 3. The monoisotopic (exact) mass is 250 g/mol. The quantitative estimate of drug-likeness (QED) is 0.805. The van der Waals surface area contributed by atoms with Gasteiger partial charge in [0.2, 0.25) is 0 Å². The molecule has 1 aromatic carbocycles. The van der Waals surface area contributed by atoms with E-state index in [1.807, 2.05) is 13.0 Å². The third kappa shape index (κ3) is 2.62. The number of thiophene rings is 1. The summed E-state index contributed by atoms with van der Waals surface area (Å²) in [4.78, 5) is 13.4. The first-order chi connectivity index (χ1) is 8.06. The van der Waals surface area contributed by atoms with Gasteiger partial charge in [0.15, 0.2) is 0 Å². The zero-order valence-corrected chi connectivity index (χ0v) is 9.98. The minimum Gasteiger partial charge on any atom is -0.399 e. The molecule has 0 saturated carbocycles. The van der Waals surface area contributed by atoms with Crippen molar-refractivity contribution in [1.82, 2.24) is 0 Å². The van der Waals surface area contributed by atoms with Gasteiger partial charge in [-0.1, -0.05) is 0 Å². The summed E-state index contributed by atoms with van der Waals surface area (Å²) in [6.45, 7) is 1.91. The van der Waals surface area contributed by atoms with Crippen molar-refractivity contribution >= 4 is 28.6 Å². The van der Waals surface area contributed by atoms with Crippen LogP contribution in [0.25, 0.3) is 0 Å². The Morgan fingerprint density at radius 1 is 1.35 bits per heavy atom. The lowest BCUT2D eigenvalue weighted by Crippen LogP contribution is -2.11. The normalized spacial score (nSPS) is 10.2. The average molecular weight is 250 g/mol. The molecule has 0 aliphatic rings. The van der Waals surface area contributed by atoms with Gasteiger partial charge < -0.3 is 11.1 Å². The molecule has 17 heavy (non-hydrogen) atoms. The number of nitrogens with one attached hydrogen (secondary N) is 1. The van der Waals surface area contributed by atoms with Crippen molar-refractivity contribution in [2.75, 3.05) is 11.1 Å². The number of nitrogens with two attached hydrogens (primary N) is 1. The number of carbonyl (C=O) groups is 1. The summed E-state index contributed by atoms with van der Waals surface area (Å²) in [5.74, 6) is -0.826. The van der Waals surface area contributed by atoms with Crippen LogP contribution in [0, 0.1) is 12.7 Å². The molecule has 0 saturated heterocycles. The molecule has 2 aromatic rings. The standard InChI is InChI=1S/C12H11FN2OS/c1-7-2-5-11(17-7)12(16)15-10-6-8(14)3-4-9(10)13/h2-6H,14H2,1H3,(H,15,16).